The summed E-state index contributed by atoms with van der Waals surface area (Å²) in [6.45, 7) is 14.7. The van der Waals surface area contributed by atoms with Gasteiger partial charge in [-0.2, -0.15) is 0 Å². The van der Waals surface area contributed by atoms with E-state index in [1.54, 1.807) is 6.08 Å². The maximum absolute atomic E-state index is 14.2. The van der Waals surface area contributed by atoms with E-state index in [0.29, 0.717) is 0 Å². The number of rotatable bonds is 1. The number of hydrogen-bond donors (Lipinski definition) is 2. The molecule has 5 aliphatic carbocycles. The molecule has 0 spiro atoms. The van der Waals surface area contributed by atoms with E-state index in [0.717, 1.165) is 49.7 Å². The van der Waals surface area contributed by atoms with Crippen molar-refractivity contribution in [2.75, 3.05) is 0 Å². The number of aliphatic hydroxyl groups is 1. The second kappa shape index (κ2) is 6.77. The molecule has 0 aromatic rings. The maximum atomic E-state index is 14.2. The Morgan fingerprint density at radius 3 is 2.17 bits per heavy atom. The third-order valence-electron chi connectivity index (χ3n) is 11.9. The summed E-state index contributed by atoms with van der Waals surface area (Å²) in [5.74, 6) is -0.991. The largest absolute Gasteiger partial charge is 0.505 e. The lowest BCUT2D eigenvalue weighted by Gasteiger charge is -2.67. The minimum absolute atomic E-state index is 0.0140. The average Bonchev–Trinajstić information content (AvgIpc) is 2.74. The summed E-state index contributed by atoms with van der Waals surface area (Å²) < 4.78 is 0. The Morgan fingerprint density at radius 1 is 0.914 bits per heavy atom. The second-order valence-electron chi connectivity index (χ2n) is 14.1. The van der Waals surface area contributed by atoms with Crippen LogP contribution in [0.25, 0.3) is 0 Å². The Balaban J connectivity index is 1.72. The molecule has 5 nitrogen and oxygen atoms in total. The zero-order chi connectivity index (χ0) is 26.0. The number of nitrogens with two attached hydrogens (primary N) is 1. The molecule has 0 aromatic heterocycles. The van der Waals surface area contributed by atoms with Gasteiger partial charge >= 0.3 is 0 Å². The first-order valence-electron chi connectivity index (χ1n) is 13.2. The van der Waals surface area contributed by atoms with Gasteiger partial charge in [-0.05, 0) is 90.9 Å². The molecule has 0 aromatic carbocycles. The van der Waals surface area contributed by atoms with E-state index in [4.69, 9.17) is 5.73 Å². The fourth-order valence-electron chi connectivity index (χ4n) is 9.28. The van der Waals surface area contributed by atoms with Crippen molar-refractivity contribution in [3.05, 3.63) is 35.1 Å². The number of amides is 1. The first-order valence-corrected chi connectivity index (χ1v) is 13.2. The van der Waals surface area contributed by atoms with E-state index in [2.05, 4.69) is 33.8 Å². The molecule has 3 N–H and O–H groups in total. The lowest BCUT2D eigenvalue weighted by atomic mass is 9.35. The highest BCUT2D eigenvalue weighted by atomic mass is 16.3. The van der Waals surface area contributed by atoms with Gasteiger partial charge in [-0.15, -0.1) is 0 Å². The summed E-state index contributed by atoms with van der Waals surface area (Å²) in [7, 11) is 0. The number of primary amides is 1. The molecule has 2 saturated carbocycles. The van der Waals surface area contributed by atoms with E-state index < -0.39 is 16.2 Å². The third kappa shape index (κ3) is 2.79. The molecule has 35 heavy (non-hydrogen) atoms. The van der Waals surface area contributed by atoms with Gasteiger partial charge < -0.3 is 10.8 Å². The van der Waals surface area contributed by atoms with Crippen LogP contribution in [-0.4, -0.2) is 22.6 Å². The van der Waals surface area contributed by atoms with E-state index in [1.165, 1.54) is 0 Å². The quantitative estimate of drug-likeness (QED) is 0.511. The highest BCUT2D eigenvalue weighted by molar-refractivity contribution is 6.01. The Bertz CT molecular complexity index is 1160. The lowest BCUT2D eigenvalue weighted by Crippen LogP contribution is -2.64. The average molecular weight is 480 g/mol. The van der Waals surface area contributed by atoms with Gasteiger partial charge in [-0.25, -0.2) is 0 Å². The molecule has 0 aliphatic heterocycles. The van der Waals surface area contributed by atoms with Crippen molar-refractivity contribution >= 4 is 17.5 Å². The molecule has 0 radical (unpaired) electrons. The summed E-state index contributed by atoms with van der Waals surface area (Å²) in [6.07, 6.45) is 10.9. The second-order valence-corrected chi connectivity index (χ2v) is 14.1. The number of fused-ring (bicyclic) bond motifs is 7. The molecular weight excluding hydrogens is 438 g/mol. The first-order chi connectivity index (χ1) is 16.0. The standard InChI is InChI=1S/C30H41NO4/c1-25(2)21-8-9-30(7)22(28(21,5)16-20(33)23(25)34)19(32)14-17-18-15-27(4,24(31)35)11-10-26(18,3)12-13-29(17,30)6/h14-16,21-22,33H,8-13H2,1-7H3,(H2,31,35)/t21-,22+,26+,27-,28-,29+,30+/m0/s1. The molecule has 5 heteroatoms. The Labute approximate surface area is 209 Å². The van der Waals surface area contributed by atoms with Crippen LogP contribution in [0.2, 0.25) is 0 Å². The van der Waals surface area contributed by atoms with Crippen LogP contribution in [0.15, 0.2) is 35.1 Å². The van der Waals surface area contributed by atoms with Crippen LogP contribution in [-0.2, 0) is 14.4 Å². The summed E-state index contributed by atoms with van der Waals surface area (Å²) in [6, 6.07) is 0. The highest BCUT2D eigenvalue weighted by Crippen LogP contribution is 2.73. The van der Waals surface area contributed by atoms with Crippen LogP contribution < -0.4 is 5.73 Å². The van der Waals surface area contributed by atoms with Gasteiger partial charge in [0, 0.05) is 16.7 Å². The molecule has 0 heterocycles. The highest BCUT2D eigenvalue weighted by Gasteiger charge is 2.69. The number of hydrogen-bond acceptors (Lipinski definition) is 4. The number of aliphatic hydroxyl groups excluding tert-OH is 1. The van der Waals surface area contributed by atoms with Crippen LogP contribution in [0, 0.1) is 44.3 Å². The molecular formula is C30H41NO4. The molecule has 1 amide bonds. The predicted octanol–water partition coefficient (Wildman–Crippen LogP) is 5.60. The fourth-order valence-corrected chi connectivity index (χ4v) is 9.28. The Hall–Kier alpha value is -2.17. The zero-order valence-electron chi connectivity index (χ0n) is 22.4. The summed E-state index contributed by atoms with van der Waals surface area (Å²) in [5.41, 5.74) is 5.36. The van der Waals surface area contributed by atoms with Gasteiger partial charge in [0.2, 0.25) is 11.7 Å². The van der Waals surface area contributed by atoms with Gasteiger partial charge in [0.15, 0.2) is 11.5 Å². The van der Waals surface area contributed by atoms with Gasteiger partial charge in [-0.1, -0.05) is 47.6 Å². The number of Topliss-reactive ketones (excluding diaryl/α,β-unsaturated/α-hetero) is 1. The molecule has 0 unspecified atom stereocenters. The monoisotopic (exact) mass is 479 g/mol. The van der Waals surface area contributed by atoms with Crippen LogP contribution in [0.5, 0.6) is 0 Å². The number of ketones is 2. The van der Waals surface area contributed by atoms with Crippen LogP contribution >= 0.6 is 0 Å². The fraction of sp³-hybridized carbons (Fsp3) is 0.700. The number of carbonyl (C=O) groups excluding carboxylic acids is 3. The van der Waals surface area contributed by atoms with Crippen molar-refractivity contribution in [1.82, 2.24) is 0 Å². The summed E-state index contributed by atoms with van der Waals surface area (Å²) in [5, 5.41) is 10.7. The van der Waals surface area contributed by atoms with Crippen molar-refractivity contribution in [3.63, 3.8) is 0 Å². The van der Waals surface area contributed by atoms with E-state index in [-0.39, 0.29) is 51.3 Å². The first kappa shape index (κ1) is 24.5. The Morgan fingerprint density at radius 2 is 1.54 bits per heavy atom. The van der Waals surface area contributed by atoms with E-state index >= 15 is 0 Å². The van der Waals surface area contributed by atoms with Crippen molar-refractivity contribution in [2.45, 2.75) is 87.0 Å². The van der Waals surface area contributed by atoms with Gasteiger partial charge in [-0.3, -0.25) is 14.4 Å². The minimum atomic E-state index is -0.722. The van der Waals surface area contributed by atoms with Crippen molar-refractivity contribution in [3.8, 4) is 0 Å². The van der Waals surface area contributed by atoms with Crippen molar-refractivity contribution < 1.29 is 19.5 Å². The predicted molar refractivity (Wildman–Crippen MR) is 135 cm³/mol. The van der Waals surface area contributed by atoms with Gasteiger partial charge in [0.05, 0.1) is 5.41 Å². The normalized spacial score (nSPS) is 48.4. The summed E-state index contributed by atoms with van der Waals surface area (Å²) >= 11 is 0. The van der Waals surface area contributed by atoms with Crippen LogP contribution in [0.3, 0.4) is 0 Å². The van der Waals surface area contributed by atoms with Gasteiger partial charge in [0.1, 0.15) is 0 Å². The maximum Gasteiger partial charge on any atom is 0.227 e. The SMILES string of the molecule is CC1(C)C(=O)C(O)=C[C@]2(C)[C@H]3C(=O)C=C4C5=C[C@@](C)(C(N)=O)CC[C@]5(C)CC[C@@]4(C)[C@]3(C)CC[C@@H]12. The van der Waals surface area contributed by atoms with E-state index in [1.807, 2.05) is 26.8 Å². The number of carbonyl (C=O) groups is 3. The van der Waals surface area contributed by atoms with Crippen LogP contribution in [0.1, 0.15) is 87.0 Å². The molecule has 0 bridgehead atoms. The summed E-state index contributed by atoms with van der Waals surface area (Å²) in [4.78, 5) is 39.5. The van der Waals surface area contributed by atoms with Crippen molar-refractivity contribution in [2.24, 2.45) is 50.1 Å². The molecule has 2 fully saturated rings. The molecule has 190 valence electrons. The minimum Gasteiger partial charge on any atom is -0.505 e. The van der Waals surface area contributed by atoms with E-state index in [9.17, 15) is 19.5 Å². The lowest BCUT2D eigenvalue weighted by molar-refractivity contribution is -0.166. The van der Waals surface area contributed by atoms with Crippen LogP contribution in [0.4, 0.5) is 0 Å². The van der Waals surface area contributed by atoms with Crippen molar-refractivity contribution in [1.29, 1.82) is 0 Å². The molecule has 5 aliphatic rings. The molecule has 0 saturated heterocycles. The molecule has 7 atom stereocenters. The number of allylic oxidation sites excluding steroid dienone is 5. The molecule has 5 rings (SSSR count). The van der Waals surface area contributed by atoms with Gasteiger partial charge in [0.25, 0.3) is 0 Å². The smallest absolute Gasteiger partial charge is 0.227 e. The topological polar surface area (TPSA) is 97.5 Å². The Kier molecular flexibility index (Phi) is 4.75. The zero-order valence-corrected chi connectivity index (χ0v) is 22.4. The third-order valence-corrected chi connectivity index (χ3v) is 11.9.